The fourth-order valence-corrected chi connectivity index (χ4v) is 1.52. The number of hydrogen-bond donors (Lipinski definition) is 3. The maximum atomic E-state index is 11.7. The number of carboxylic acids is 1. The van der Waals surface area contributed by atoms with Crippen LogP contribution in [0.2, 0.25) is 0 Å². The van der Waals surface area contributed by atoms with E-state index >= 15 is 0 Å². The standard InChI is InChI=1S/C11H12BrN3O4/c12-6-1-2-7(14-5-6)10(17)15-8(11(18)19)3-4-9(13)16/h1-2,5,8H,3-4H2,(H2,13,16)(H,15,17)(H,18,19)/t8-/m0/s1. The number of nitrogens with two attached hydrogens (primary N) is 1. The van der Waals surface area contributed by atoms with Crippen LogP contribution in [0.5, 0.6) is 0 Å². The first-order chi connectivity index (χ1) is 8.90. The van der Waals surface area contributed by atoms with E-state index in [1.807, 2.05) is 0 Å². The Labute approximate surface area is 117 Å². The van der Waals surface area contributed by atoms with Crippen molar-refractivity contribution < 1.29 is 19.5 Å². The number of carbonyl (C=O) groups is 3. The fourth-order valence-electron chi connectivity index (χ4n) is 1.29. The van der Waals surface area contributed by atoms with Gasteiger partial charge in [-0.05, 0) is 34.5 Å². The van der Waals surface area contributed by atoms with Crippen LogP contribution in [0.15, 0.2) is 22.8 Å². The zero-order chi connectivity index (χ0) is 14.4. The molecule has 0 bridgehead atoms. The number of pyridine rings is 1. The molecule has 19 heavy (non-hydrogen) atoms. The molecule has 0 saturated carbocycles. The fraction of sp³-hybridized carbons (Fsp3) is 0.273. The lowest BCUT2D eigenvalue weighted by Gasteiger charge is -2.13. The molecule has 0 radical (unpaired) electrons. The highest BCUT2D eigenvalue weighted by atomic mass is 79.9. The summed E-state index contributed by atoms with van der Waals surface area (Å²) in [7, 11) is 0. The minimum atomic E-state index is -1.23. The van der Waals surface area contributed by atoms with Crippen LogP contribution in [0, 0.1) is 0 Å². The molecule has 1 aromatic heterocycles. The van der Waals surface area contributed by atoms with E-state index < -0.39 is 23.8 Å². The Balaban J connectivity index is 2.68. The summed E-state index contributed by atoms with van der Waals surface area (Å²) in [5.74, 6) is -2.47. The van der Waals surface area contributed by atoms with Gasteiger partial charge in [-0.15, -0.1) is 0 Å². The molecule has 8 heteroatoms. The second-order valence-corrected chi connectivity index (χ2v) is 4.65. The summed E-state index contributed by atoms with van der Waals surface area (Å²) in [6.45, 7) is 0. The van der Waals surface area contributed by atoms with Gasteiger partial charge in [0.15, 0.2) is 0 Å². The summed E-state index contributed by atoms with van der Waals surface area (Å²) in [4.78, 5) is 37.1. The number of halogens is 1. The molecule has 1 atom stereocenters. The van der Waals surface area contributed by atoms with Gasteiger partial charge in [-0.1, -0.05) is 0 Å². The van der Waals surface area contributed by atoms with Gasteiger partial charge in [-0.25, -0.2) is 9.78 Å². The summed E-state index contributed by atoms with van der Waals surface area (Å²) >= 11 is 3.17. The average molecular weight is 330 g/mol. The second kappa shape index (κ2) is 6.83. The first-order valence-electron chi connectivity index (χ1n) is 5.33. The molecule has 1 rings (SSSR count). The molecule has 0 aliphatic carbocycles. The molecule has 0 fully saturated rings. The maximum Gasteiger partial charge on any atom is 0.326 e. The molecule has 0 unspecified atom stereocenters. The highest BCUT2D eigenvalue weighted by Gasteiger charge is 2.21. The van der Waals surface area contributed by atoms with E-state index in [-0.39, 0.29) is 18.5 Å². The third kappa shape index (κ3) is 5.04. The first kappa shape index (κ1) is 15.1. The number of carboxylic acid groups (broad SMARTS) is 1. The Kier molecular flexibility index (Phi) is 5.43. The topological polar surface area (TPSA) is 122 Å². The number of nitrogens with one attached hydrogen (secondary N) is 1. The highest BCUT2D eigenvalue weighted by molar-refractivity contribution is 9.10. The molecule has 2 amide bonds. The van der Waals surface area contributed by atoms with Gasteiger partial charge in [-0.2, -0.15) is 0 Å². The van der Waals surface area contributed by atoms with Crippen LogP contribution >= 0.6 is 15.9 Å². The molecule has 0 spiro atoms. The maximum absolute atomic E-state index is 11.7. The average Bonchev–Trinajstić information content (AvgIpc) is 2.34. The monoisotopic (exact) mass is 329 g/mol. The number of amides is 2. The van der Waals surface area contributed by atoms with Gasteiger partial charge in [-0.3, -0.25) is 9.59 Å². The number of nitrogens with zero attached hydrogens (tertiary/aromatic N) is 1. The molecule has 102 valence electrons. The van der Waals surface area contributed by atoms with Crippen molar-refractivity contribution in [3.63, 3.8) is 0 Å². The van der Waals surface area contributed by atoms with Crippen molar-refractivity contribution in [2.45, 2.75) is 18.9 Å². The van der Waals surface area contributed by atoms with E-state index in [0.29, 0.717) is 4.47 Å². The Hall–Kier alpha value is -1.96. The van der Waals surface area contributed by atoms with Crippen LogP contribution in [0.1, 0.15) is 23.3 Å². The van der Waals surface area contributed by atoms with Crippen molar-refractivity contribution in [2.24, 2.45) is 5.73 Å². The first-order valence-corrected chi connectivity index (χ1v) is 6.13. The number of rotatable bonds is 6. The number of carbonyl (C=O) groups excluding carboxylic acids is 2. The number of aliphatic carboxylic acids is 1. The molecule has 4 N–H and O–H groups in total. The quantitative estimate of drug-likeness (QED) is 0.692. The Morgan fingerprint density at radius 3 is 2.58 bits per heavy atom. The lowest BCUT2D eigenvalue weighted by molar-refractivity contribution is -0.139. The summed E-state index contributed by atoms with van der Waals surface area (Å²) in [6, 6.07) is 1.89. The van der Waals surface area contributed by atoms with Gasteiger partial charge < -0.3 is 16.2 Å². The highest BCUT2D eigenvalue weighted by Crippen LogP contribution is 2.08. The SMILES string of the molecule is NC(=O)CC[C@H](NC(=O)c1ccc(Br)cn1)C(=O)O. The summed E-state index contributed by atoms with van der Waals surface area (Å²) in [6.07, 6.45) is 1.24. The lowest BCUT2D eigenvalue weighted by Crippen LogP contribution is -2.41. The minimum Gasteiger partial charge on any atom is -0.480 e. The van der Waals surface area contributed by atoms with Crippen molar-refractivity contribution in [3.8, 4) is 0 Å². The van der Waals surface area contributed by atoms with Crippen LogP contribution in [0.4, 0.5) is 0 Å². The van der Waals surface area contributed by atoms with Crippen LogP contribution in [0.25, 0.3) is 0 Å². The second-order valence-electron chi connectivity index (χ2n) is 3.73. The number of aromatic nitrogens is 1. The van der Waals surface area contributed by atoms with Gasteiger partial charge in [0.1, 0.15) is 11.7 Å². The van der Waals surface area contributed by atoms with Crippen LogP contribution < -0.4 is 11.1 Å². The summed E-state index contributed by atoms with van der Waals surface area (Å²) in [5.41, 5.74) is 5.03. The van der Waals surface area contributed by atoms with Crippen molar-refractivity contribution >= 4 is 33.7 Å². The third-order valence-corrected chi connectivity index (χ3v) is 2.71. The van der Waals surface area contributed by atoms with E-state index in [0.717, 1.165) is 0 Å². The Bertz CT molecular complexity index is 489. The smallest absolute Gasteiger partial charge is 0.326 e. The predicted octanol–water partition coefficient (Wildman–Crippen LogP) is 0.293. The third-order valence-electron chi connectivity index (χ3n) is 2.24. The van der Waals surface area contributed by atoms with E-state index in [9.17, 15) is 14.4 Å². The van der Waals surface area contributed by atoms with Crippen LogP contribution in [-0.2, 0) is 9.59 Å². The lowest BCUT2D eigenvalue weighted by atomic mass is 10.1. The zero-order valence-electron chi connectivity index (χ0n) is 9.80. The summed E-state index contributed by atoms with van der Waals surface area (Å²) in [5, 5.41) is 11.2. The van der Waals surface area contributed by atoms with Crippen LogP contribution in [0.3, 0.4) is 0 Å². The predicted molar refractivity (Wildman–Crippen MR) is 69.3 cm³/mol. The van der Waals surface area contributed by atoms with Crippen molar-refractivity contribution in [1.82, 2.24) is 10.3 Å². The number of hydrogen-bond acceptors (Lipinski definition) is 4. The molecule has 1 aromatic rings. The largest absolute Gasteiger partial charge is 0.480 e. The van der Waals surface area contributed by atoms with Gasteiger partial charge in [0.05, 0.1) is 0 Å². The van der Waals surface area contributed by atoms with Crippen molar-refractivity contribution in [1.29, 1.82) is 0 Å². The Morgan fingerprint density at radius 2 is 2.11 bits per heavy atom. The van der Waals surface area contributed by atoms with E-state index in [4.69, 9.17) is 10.8 Å². The van der Waals surface area contributed by atoms with Gasteiger partial charge in [0, 0.05) is 17.1 Å². The molecule has 0 saturated heterocycles. The van der Waals surface area contributed by atoms with Gasteiger partial charge in [0.25, 0.3) is 5.91 Å². The van der Waals surface area contributed by atoms with Gasteiger partial charge in [0.2, 0.25) is 5.91 Å². The molecule has 7 nitrogen and oxygen atoms in total. The normalized spacial score (nSPS) is 11.6. The molecular formula is C11H12BrN3O4. The van der Waals surface area contributed by atoms with E-state index in [1.54, 1.807) is 6.07 Å². The number of primary amides is 1. The van der Waals surface area contributed by atoms with Crippen molar-refractivity contribution in [2.75, 3.05) is 0 Å². The van der Waals surface area contributed by atoms with Crippen molar-refractivity contribution in [3.05, 3.63) is 28.5 Å². The van der Waals surface area contributed by atoms with Gasteiger partial charge >= 0.3 is 5.97 Å². The van der Waals surface area contributed by atoms with E-state index in [2.05, 4.69) is 26.2 Å². The molecule has 0 aromatic carbocycles. The molecule has 0 aliphatic rings. The summed E-state index contributed by atoms with van der Waals surface area (Å²) < 4.78 is 0.701. The van der Waals surface area contributed by atoms with E-state index in [1.165, 1.54) is 12.3 Å². The molecular weight excluding hydrogens is 318 g/mol. The minimum absolute atomic E-state index is 0.0626. The molecule has 0 aliphatic heterocycles. The Morgan fingerprint density at radius 1 is 1.42 bits per heavy atom. The van der Waals surface area contributed by atoms with Crippen LogP contribution in [-0.4, -0.2) is 33.9 Å². The molecule has 1 heterocycles. The zero-order valence-corrected chi connectivity index (χ0v) is 11.4.